The lowest BCUT2D eigenvalue weighted by Gasteiger charge is -2.27. The molecule has 3 atom stereocenters. The van der Waals surface area contributed by atoms with Gasteiger partial charge in [0.1, 0.15) is 11.8 Å². The average molecular weight is 362 g/mol. The molecule has 1 heterocycles. The fraction of sp³-hybridized carbons (Fsp3) is 0.526. The lowest BCUT2D eigenvalue weighted by atomic mass is 9.99. The second-order valence-corrected chi connectivity index (χ2v) is 7.06. The van der Waals surface area contributed by atoms with Crippen LogP contribution in [0.3, 0.4) is 0 Å². The van der Waals surface area contributed by atoms with Gasteiger partial charge in [-0.15, -0.1) is 0 Å². The second kappa shape index (κ2) is 8.21. The number of rotatable bonds is 6. The van der Waals surface area contributed by atoms with Crippen molar-refractivity contribution in [2.75, 3.05) is 20.2 Å². The first-order chi connectivity index (χ1) is 12.3. The number of methoxy groups -OCH3 is 1. The molecule has 1 aromatic carbocycles. The second-order valence-electron chi connectivity index (χ2n) is 7.06. The predicted molar refractivity (Wildman–Crippen MR) is 96.0 cm³/mol. The van der Waals surface area contributed by atoms with Gasteiger partial charge in [-0.25, -0.2) is 0 Å². The fourth-order valence-corrected chi connectivity index (χ4v) is 3.23. The third-order valence-corrected chi connectivity index (χ3v) is 4.81. The number of amides is 2. The van der Waals surface area contributed by atoms with Crippen LogP contribution in [0.2, 0.25) is 0 Å². The molecule has 1 fully saturated rings. The molecule has 2 rings (SSSR count). The van der Waals surface area contributed by atoms with Crippen LogP contribution >= 0.6 is 0 Å². The quantitative estimate of drug-likeness (QED) is 0.802. The number of carboxylic acids is 1. The van der Waals surface area contributed by atoms with E-state index >= 15 is 0 Å². The Bertz CT molecular complexity index is 688. The highest BCUT2D eigenvalue weighted by Crippen LogP contribution is 2.25. The Balaban J connectivity index is 2.15. The smallest absolute Gasteiger partial charge is 0.308 e. The average Bonchev–Trinajstić information content (AvgIpc) is 3.00. The molecule has 0 bridgehead atoms. The molecule has 7 heteroatoms. The number of carboxylic acid groups (broad SMARTS) is 1. The number of ether oxygens (including phenoxy) is 1. The standard InChI is InChI=1S/C19H26N2O5/c1-11(2)16(18(23)21-9-12(3)14(10-21)19(24)25)20-17(22)13-7-5-6-8-15(13)26-4/h5-8,11-12,14,16H,9-10H2,1-4H3,(H,20,22)(H,24,25)/t12-,14-,16?/m1/s1. The van der Waals surface area contributed by atoms with Gasteiger partial charge in [-0.2, -0.15) is 0 Å². The zero-order valence-electron chi connectivity index (χ0n) is 15.6. The summed E-state index contributed by atoms with van der Waals surface area (Å²) in [7, 11) is 1.48. The molecule has 7 nitrogen and oxygen atoms in total. The molecule has 0 spiro atoms. The Morgan fingerprint density at radius 2 is 1.88 bits per heavy atom. The van der Waals surface area contributed by atoms with E-state index in [2.05, 4.69) is 5.32 Å². The zero-order valence-corrected chi connectivity index (χ0v) is 15.6. The fourth-order valence-electron chi connectivity index (χ4n) is 3.23. The van der Waals surface area contributed by atoms with Gasteiger partial charge in [-0.05, 0) is 24.0 Å². The Morgan fingerprint density at radius 1 is 1.23 bits per heavy atom. The number of carbonyl (C=O) groups excluding carboxylic acids is 2. The van der Waals surface area contributed by atoms with Crippen molar-refractivity contribution in [3.63, 3.8) is 0 Å². The molecule has 2 amide bonds. The number of nitrogens with zero attached hydrogens (tertiary/aromatic N) is 1. The first-order valence-electron chi connectivity index (χ1n) is 8.71. The first kappa shape index (κ1) is 19.8. The summed E-state index contributed by atoms with van der Waals surface area (Å²) in [6, 6.07) is 6.07. The van der Waals surface area contributed by atoms with Gasteiger partial charge in [0.25, 0.3) is 5.91 Å². The van der Waals surface area contributed by atoms with Crippen LogP contribution in [-0.2, 0) is 9.59 Å². The van der Waals surface area contributed by atoms with Crippen molar-refractivity contribution in [3.05, 3.63) is 29.8 Å². The summed E-state index contributed by atoms with van der Waals surface area (Å²) in [5, 5.41) is 12.0. The van der Waals surface area contributed by atoms with Crippen LogP contribution in [0.5, 0.6) is 5.75 Å². The van der Waals surface area contributed by atoms with Crippen LogP contribution in [0.1, 0.15) is 31.1 Å². The highest BCUT2D eigenvalue weighted by atomic mass is 16.5. The summed E-state index contributed by atoms with van der Waals surface area (Å²) in [5.41, 5.74) is 0.353. The molecular formula is C19H26N2O5. The summed E-state index contributed by atoms with van der Waals surface area (Å²) in [5.74, 6) is -1.94. The topological polar surface area (TPSA) is 95.9 Å². The van der Waals surface area contributed by atoms with Gasteiger partial charge in [0, 0.05) is 13.1 Å². The summed E-state index contributed by atoms with van der Waals surface area (Å²) in [6.07, 6.45) is 0. The highest BCUT2D eigenvalue weighted by molar-refractivity contribution is 5.99. The largest absolute Gasteiger partial charge is 0.496 e. The van der Waals surface area contributed by atoms with E-state index in [1.807, 2.05) is 20.8 Å². The number of hydrogen-bond donors (Lipinski definition) is 2. The van der Waals surface area contributed by atoms with E-state index in [9.17, 15) is 19.5 Å². The van der Waals surface area contributed by atoms with E-state index < -0.39 is 23.8 Å². The molecular weight excluding hydrogens is 336 g/mol. The van der Waals surface area contributed by atoms with E-state index in [0.29, 0.717) is 17.9 Å². The van der Waals surface area contributed by atoms with Gasteiger partial charge in [0.15, 0.2) is 0 Å². The first-order valence-corrected chi connectivity index (χ1v) is 8.71. The van der Waals surface area contributed by atoms with Crippen molar-refractivity contribution in [3.8, 4) is 5.75 Å². The van der Waals surface area contributed by atoms with Crippen LogP contribution in [0.15, 0.2) is 24.3 Å². The number of benzene rings is 1. The summed E-state index contributed by atoms with van der Waals surface area (Å²) < 4.78 is 5.20. The summed E-state index contributed by atoms with van der Waals surface area (Å²) in [4.78, 5) is 38.4. The molecule has 1 unspecified atom stereocenters. The van der Waals surface area contributed by atoms with Crippen LogP contribution in [0, 0.1) is 17.8 Å². The molecule has 142 valence electrons. The van der Waals surface area contributed by atoms with Crippen molar-refractivity contribution in [1.29, 1.82) is 0 Å². The highest BCUT2D eigenvalue weighted by Gasteiger charge is 2.40. The molecule has 0 aliphatic carbocycles. The van der Waals surface area contributed by atoms with E-state index in [4.69, 9.17) is 4.74 Å². The number of para-hydroxylation sites is 1. The Labute approximate surface area is 153 Å². The van der Waals surface area contributed by atoms with E-state index in [-0.39, 0.29) is 24.3 Å². The monoisotopic (exact) mass is 362 g/mol. The van der Waals surface area contributed by atoms with E-state index in [0.717, 1.165) is 0 Å². The zero-order chi connectivity index (χ0) is 19.4. The van der Waals surface area contributed by atoms with E-state index in [1.165, 1.54) is 12.0 Å². The van der Waals surface area contributed by atoms with Gasteiger partial charge in [-0.1, -0.05) is 32.9 Å². The Hall–Kier alpha value is -2.57. The van der Waals surface area contributed by atoms with Crippen molar-refractivity contribution >= 4 is 17.8 Å². The summed E-state index contributed by atoms with van der Waals surface area (Å²) >= 11 is 0. The minimum Gasteiger partial charge on any atom is -0.496 e. The maximum absolute atomic E-state index is 12.9. The third-order valence-electron chi connectivity index (χ3n) is 4.81. The molecule has 0 saturated carbocycles. The van der Waals surface area contributed by atoms with Gasteiger partial charge in [0.05, 0.1) is 18.6 Å². The molecule has 1 aromatic rings. The van der Waals surface area contributed by atoms with Gasteiger partial charge >= 0.3 is 5.97 Å². The minimum atomic E-state index is -0.896. The molecule has 1 aliphatic heterocycles. The minimum absolute atomic E-state index is 0.116. The van der Waals surface area contributed by atoms with Crippen LogP contribution in [-0.4, -0.2) is 54.0 Å². The number of aliphatic carboxylic acids is 1. The van der Waals surface area contributed by atoms with E-state index in [1.54, 1.807) is 24.3 Å². The van der Waals surface area contributed by atoms with Crippen molar-refractivity contribution in [2.24, 2.45) is 17.8 Å². The van der Waals surface area contributed by atoms with Crippen molar-refractivity contribution < 1.29 is 24.2 Å². The lowest BCUT2D eigenvalue weighted by molar-refractivity contribution is -0.142. The van der Waals surface area contributed by atoms with Crippen LogP contribution < -0.4 is 10.1 Å². The SMILES string of the molecule is COc1ccccc1C(=O)NC(C(=O)N1C[C@@H](C)[C@H](C(=O)O)C1)C(C)C. The summed E-state index contributed by atoms with van der Waals surface area (Å²) in [6.45, 7) is 6.06. The number of nitrogens with one attached hydrogen (secondary N) is 1. The van der Waals surface area contributed by atoms with Gasteiger partial charge < -0.3 is 20.1 Å². The third kappa shape index (κ3) is 4.15. The molecule has 26 heavy (non-hydrogen) atoms. The van der Waals surface area contributed by atoms with Gasteiger partial charge in [-0.3, -0.25) is 14.4 Å². The van der Waals surface area contributed by atoms with Crippen molar-refractivity contribution in [1.82, 2.24) is 10.2 Å². The maximum atomic E-state index is 12.9. The van der Waals surface area contributed by atoms with Crippen LogP contribution in [0.25, 0.3) is 0 Å². The molecule has 2 N–H and O–H groups in total. The number of likely N-dealkylation sites (tertiary alicyclic amines) is 1. The molecule has 0 radical (unpaired) electrons. The number of hydrogen-bond acceptors (Lipinski definition) is 4. The predicted octanol–water partition coefficient (Wildman–Crippen LogP) is 1.63. The van der Waals surface area contributed by atoms with Crippen LogP contribution in [0.4, 0.5) is 0 Å². The molecule has 1 saturated heterocycles. The Kier molecular flexibility index (Phi) is 6.23. The molecule has 0 aromatic heterocycles. The number of carbonyl (C=O) groups is 3. The lowest BCUT2D eigenvalue weighted by Crippen LogP contribution is -2.50. The van der Waals surface area contributed by atoms with Crippen molar-refractivity contribution in [2.45, 2.75) is 26.8 Å². The molecule has 1 aliphatic rings. The Morgan fingerprint density at radius 3 is 2.42 bits per heavy atom. The van der Waals surface area contributed by atoms with Gasteiger partial charge in [0.2, 0.25) is 5.91 Å². The maximum Gasteiger partial charge on any atom is 0.308 e. The normalized spacial score (nSPS) is 20.7.